The predicted octanol–water partition coefficient (Wildman–Crippen LogP) is 3.10. The highest BCUT2D eigenvalue weighted by atomic mass is 19.2. The van der Waals surface area contributed by atoms with Crippen LogP contribution in [0.5, 0.6) is 5.75 Å². The Morgan fingerprint density at radius 1 is 1.15 bits per heavy atom. The lowest BCUT2D eigenvalue weighted by Crippen LogP contribution is -2.07. The molecule has 2 N–H and O–H groups in total. The third-order valence-corrected chi connectivity index (χ3v) is 2.99. The van der Waals surface area contributed by atoms with Gasteiger partial charge < -0.3 is 10.5 Å². The highest BCUT2D eigenvalue weighted by Crippen LogP contribution is 2.24. The van der Waals surface area contributed by atoms with Crippen molar-refractivity contribution in [1.29, 1.82) is 0 Å². The van der Waals surface area contributed by atoms with Crippen LogP contribution >= 0.6 is 0 Å². The molecule has 0 fully saturated rings. The third-order valence-electron chi connectivity index (χ3n) is 2.99. The molecule has 2 rings (SSSR count). The molecule has 2 aromatic carbocycles. The Labute approximate surface area is 115 Å². The summed E-state index contributed by atoms with van der Waals surface area (Å²) >= 11 is 0. The number of hydrogen-bond donors (Lipinski definition) is 1. The number of ether oxygens (including phenoxy) is 1. The zero-order valence-corrected chi connectivity index (χ0v) is 11.0. The van der Waals surface area contributed by atoms with E-state index in [1.807, 2.05) is 0 Å². The van der Waals surface area contributed by atoms with Gasteiger partial charge in [-0.3, -0.25) is 4.79 Å². The zero-order chi connectivity index (χ0) is 14.9. The van der Waals surface area contributed by atoms with Crippen LogP contribution in [0.4, 0.5) is 14.5 Å². The van der Waals surface area contributed by atoms with E-state index in [4.69, 9.17) is 10.5 Å². The Balaban J connectivity index is 2.46. The highest BCUT2D eigenvalue weighted by Gasteiger charge is 2.16. The van der Waals surface area contributed by atoms with E-state index < -0.39 is 17.4 Å². The molecule has 0 aliphatic rings. The largest absolute Gasteiger partial charge is 0.496 e. The summed E-state index contributed by atoms with van der Waals surface area (Å²) in [6, 6.07) is 6.42. The molecule has 0 saturated heterocycles. The summed E-state index contributed by atoms with van der Waals surface area (Å²) in [6.07, 6.45) is 0. The molecule has 2 aromatic rings. The maximum Gasteiger partial charge on any atom is 0.195 e. The van der Waals surface area contributed by atoms with Crippen molar-refractivity contribution in [1.82, 2.24) is 0 Å². The summed E-state index contributed by atoms with van der Waals surface area (Å²) in [5.74, 6) is -2.01. The summed E-state index contributed by atoms with van der Waals surface area (Å²) < 4.78 is 31.3. The number of rotatable bonds is 3. The number of methoxy groups -OCH3 is 1. The second kappa shape index (κ2) is 5.28. The Morgan fingerprint density at radius 3 is 2.40 bits per heavy atom. The molecular weight excluding hydrogens is 264 g/mol. The number of nitrogens with two attached hydrogens (primary N) is 1. The molecule has 104 valence electrons. The van der Waals surface area contributed by atoms with E-state index in [1.165, 1.54) is 7.11 Å². The van der Waals surface area contributed by atoms with Crippen molar-refractivity contribution in [2.24, 2.45) is 0 Å². The normalized spacial score (nSPS) is 10.4. The van der Waals surface area contributed by atoms with Gasteiger partial charge in [-0.25, -0.2) is 8.78 Å². The molecule has 0 atom stereocenters. The molecule has 0 unspecified atom stereocenters. The van der Waals surface area contributed by atoms with Gasteiger partial charge in [0, 0.05) is 22.9 Å². The zero-order valence-electron chi connectivity index (χ0n) is 11.0. The van der Waals surface area contributed by atoms with Crippen LogP contribution in [-0.4, -0.2) is 12.9 Å². The molecule has 0 aromatic heterocycles. The monoisotopic (exact) mass is 277 g/mol. The van der Waals surface area contributed by atoms with E-state index in [0.717, 1.165) is 17.7 Å². The summed E-state index contributed by atoms with van der Waals surface area (Å²) in [7, 11) is 1.52. The van der Waals surface area contributed by atoms with Crippen LogP contribution in [0.2, 0.25) is 0 Å². The first kappa shape index (κ1) is 14.0. The lowest BCUT2D eigenvalue weighted by molar-refractivity contribution is 0.103. The molecule has 0 heterocycles. The van der Waals surface area contributed by atoms with Crippen LogP contribution in [0.25, 0.3) is 0 Å². The topological polar surface area (TPSA) is 52.3 Å². The van der Waals surface area contributed by atoms with Crippen molar-refractivity contribution >= 4 is 11.5 Å². The fourth-order valence-electron chi connectivity index (χ4n) is 1.93. The Kier molecular flexibility index (Phi) is 3.70. The second-order valence-electron chi connectivity index (χ2n) is 4.37. The Bertz CT molecular complexity index is 684. The van der Waals surface area contributed by atoms with Crippen molar-refractivity contribution < 1.29 is 18.3 Å². The molecule has 0 aliphatic carbocycles. The fraction of sp³-hybridized carbons (Fsp3) is 0.133. The summed E-state index contributed by atoms with van der Waals surface area (Å²) in [5.41, 5.74) is 6.51. The van der Waals surface area contributed by atoms with Crippen LogP contribution in [0.15, 0.2) is 30.3 Å². The fourth-order valence-corrected chi connectivity index (χ4v) is 1.93. The van der Waals surface area contributed by atoms with Crippen molar-refractivity contribution in [3.63, 3.8) is 0 Å². The van der Waals surface area contributed by atoms with Gasteiger partial charge in [0.1, 0.15) is 5.75 Å². The summed E-state index contributed by atoms with van der Waals surface area (Å²) in [4.78, 5) is 12.3. The van der Waals surface area contributed by atoms with E-state index in [1.54, 1.807) is 25.1 Å². The van der Waals surface area contributed by atoms with Crippen LogP contribution in [0.1, 0.15) is 21.5 Å². The van der Waals surface area contributed by atoms with Gasteiger partial charge in [0.05, 0.1) is 7.11 Å². The highest BCUT2D eigenvalue weighted by molar-refractivity contribution is 6.12. The molecule has 20 heavy (non-hydrogen) atoms. The Hall–Kier alpha value is -2.43. The second-order valence-corrected chi connectivity index (χ2v) is 4.37. The van der Waals surface area contributed by atoms with E-state index >= 15 is 0 Å². The number of carbonyl (C=O) groups excluding carboxylic acids is 1. The molecule has 0 saturated carbocycles. The van der Waals surface area contributed by atoms with Crippen molar-refractivity contribution in [2.45, 2.75) is 6.92 Å². The van der Waals surface area contributed by atoms with Crippen molar-refractivity contribution in [3.8, 4) is 5.75 Å². The molecule has 0 spiro atoms. The van der Waals surface area contributed by atoms with Crippen molar-refractivity contribution in [2.75, 3.05) is 12.8 Å². The molecule has 5 heteroatoms. The van der Waals surface area contributed by atoms with Crippen LogP contribution in [-0.2, 0) is 0 Å². The SMILES string of the molecule is COc1ccc(C(=O)c2cc(F)c(F)cc2N)cc1C. The summed E-state index contributed by atoms with van der Waals surface area (Å²) in [5, 5.41) is 0. The molecule has 0 amide bonds. The minimum absolute atomic E-state index is 0.0616. The number of benzene rings is 2. The van der Waals surface area contributed by atoms with Gasteiger partial charge in [0.2, 0.25) is 0 Å². The Morgan fingerprint density at radius 2 is 1.80 bits per heavy atom. The number of ketones is 1. The lowest BCUT2D eigenvalue weighted by atomic mass is 9.99. The number of anilines is 1. The summed E-state index contributed by atoms with van der Waals surface area (Å²) in [6.45, 7) is 1.78. The van der Waals surface area contributed by atoms with E-state index in [-0.39, 0.29) is 11.3 Å². The molecule has 0 aliphatic heterocycles. The lowest BCUT2D eigenvalue weighted by Gasteiger charge is -2.09. The van der Waals surface area contributed by atoms with Gasteiger partial charge in [0.15, 0.2) is 17.4 Å². The maximum absolute atomic E-state index is 13.2. The average Bonchev–Trinajstić information content (AvgIpc) is 2.42. The minimum atomic E-state index is -1.10. The maximum atomic E-state index is 13.2. The first-order chi connectivity index (χ1) is 9.43. The molecule has 3 nitrogen and oxygen atoms in total. The van der Waals surface area contributed by atoms with E-state index in [9.17, 15) is 13.6 Å². The predicted molar refractivity (Wildman–Crippen MR) is 71.9 cm³/mol. The van der Waals surface area contributed by atoms with E-state index in [2.05, 4.69) is 0 Å². The van der Waals surface area contributed by atoms with Gasteiger partial charge in [-0.1, -0.05) is 0 Å². The standard InChI is InChI=1S/C15H13F2NO2/c1-8-5-9(3-4-14(8)20-2)15(19)10-6-11(16)12(17)7-13(10)18/h3-7H,18H2,1-2H3. The molecule has 0 radical (unpaired) electrons. The van der Waals surface area contributed by atoms with Gasteiger partial charge >= 0.3 is 0 Å². The smallest absolute Gasteiger partial charge is 0.195 e. The van der Waals surface area contributed by atoms with Gasteiger partial charge in [-0.2, -0.15) is 0 Å². The van der Waals surface area contributed by atoms with Gasteiger partial charge in [-0.05, 0) is 36.8 Å². The molecule has 0 bridgehead atoms. The van der Waals surface area contributed by atoms with Crippen molar-refractivity contribution in [3.05, 3.63) is 58.7 Å². The van der Waals surface area contributed by atoms with Gasteiger partial charge in [-0.15, -0.1) is 0 Å². The van der Waals surface area contributed by atoms with Crippen LogP contribution in [0.3, 0.4) is 0 Å². The first-order valence-electron chi connectivity index (χ1n) is 5.88. The quantitative estimate of drug-likeness (QED) is 0.693. The minimum Gasteiger partial charge on any atom is -0.496 e. The number of carbonyl (C=O) groups is 1. The molecular formula is C15H13F2NO2. The number of halogens is 2. The number of aryl methyl sites for hydroxylation is 1. The number of hydrogen-bond acceptors (Lipinski definition) is 3. The van der Waals surface area contributed by atoms with Crippen LogP contribution < -0.4 is 10.5 Å². The van der Waals surface area contributed by atoms with E-state index in [0.29, 0.717) is 11.3 Å². The average molecular weight is 277 g/mol. The third kappa shape index (κ3) is 2.47. The number of nitrogen functional groups attached to an aromatic ring is 1. The first-order valence-corrected chi connectivity index (χ1v) is 5.88. The van der Waals surface area contributed by atoms with Crippen LogP contribution in [0, 0.1) is 18.6 Å². The van der Waals surface area contributed by atoms with Gasteiger partial charge in [0.25, 0.3) is 0 Å².